The minimum Gasteiger partial charge on any atom is -0.381 e. The fraction of sp³-hybridized carbons (Fsp3) is 0.889. The van der Waals surface area contributed by atoms with E-state index in [1.54, 1.807) is 0 Å². The molecular weight excluding hydrogens is 154 g/mol. The number of hydrogen-bond donors (Lipinski definition) is 0. The molecule has 0 bridgehead atoms. The van der Waals surface area contributed by atoms with E-state index in [0.29, 0.717) is 12.5 Å². The predicted molar refractivity (Wildman–Crippen MR) is 44.6 cm³/mol. The van der Waals surface area contributed by atoms with E-state index in [1.807, 2.05) is 6.92 Å². The van der Waals surface area contributed by atoms with E-state index in [2.05, 4.69) is 6.07 Å². The third kappa shape index (κ3) is 2.47. The first kappa shape index (κ1) is 9.50. The molecule has 3 heteroatoms. The highest BCUT2D eigenvalue weighted by Gasteiger charge is 2.23. The third-order valence-electron chi connectivity index (χ3n) is 2.17. The topological polar surface area (TPSA) is 42.2 Å². The summed E-state index contributed by atoms with van der Waals surface area (Å²) >= 11 is 0. The molecule has 1 heterocycles. The normalized spacial score (nSPS) is 21.7. The SMILES string of the molecule is CCO[C@@H](C#N)C1CCOCC1. The smallest absolute Gasteiger partial charge is 0.146 e. The maximum absolute atomic E-state index is 8.79. The summed E-state index contributed by atoms with van der Waals surface area (Å²) in [7, 11) is 0. The van der Waals surface area contributed by atoms with E-state index in [4.69, 9.17) is 14.7 Å². The van der Waals surface area contributed by atoms with E-state index in [-0.39, 0.29) is 6.10 Å². The van der Waals surface area contributed by atoms with Crippen LogP contribution in [-0.4, -0.2) is 25.9 Å². The molecule has 0 aromatic carbocycles. The zero-order valence-electron chi connectivity index (χ0n) is 7.45. The molecule has 0 aliphatic carbocycles. The number of hydrogen-bond acceptors (Lipinski definition) is 3. The molecule has 1 fully saturated rings. The maximum atomic E-state index is 8.79. The van der Waals surface area contributed by atoms with Gasteiger partial charge in [-0.05, 0) is 19.8 Å². The quantitative estimate of drug-likeness (QED) is 0.640. The molecule has 0 aromatic rings. The van der Waals surface area contributed by atoms with Gasteiger partial charge < -0.3 is 9.47 Å². The Labute approximate surface area is 73.3 Å². The van der Waals surface area contributed by atoms with Gasteiger partial charge in [-0.3, -0.25) is 0 Å². The second kappa shape index (κ2) is 5.13. The lowest BCUT2D eigenvalue weighted by molar-refractivity contribution is -0.00436. The van der Waals surface area contributed by atoms with E-state index < -0.39 is 0 Å². The van der Waals surface area contributed by atoms with Crippen molar-refractivity contribution in [1.82, 2.24) is 0 Å². The van der Waals surface area contributed by atoms with Gasteiger partial charge in [-0.15, -0.1) is 0 Å². The summed E-state index contributed by atoms with van der Waals surface area (Å²) in [5, 5.41) is 8.79. The molecule has 0 saturated carbocycles. The maximum Gasteiger partial charge on any atom is 0.146 e. The molecule has 1 aliphatic rings. The van der Waals surface area contributed by atoms with Gasteiger partial charge in [-0.2, -0.15) is 5.26 Å². The van der Waals surface area contributed by atoms with Crippen LogP contribution in [-0.2, 0) is 9.47 Å². The molecule has 0 aromatic heterocycles. The van der Waals surface area contributed by atoms with Crippen LogP contribution in [0.3, 0.4) is 0 Å². The van der Waals surface area contributed by atoms with E-state index in [0.717, 1.165) is 26.1 Å². The highest BCUT2D eigenvalue weighted by Crippen LogP contribution is 2.20. The summed E-state index contributed by atoms with van der Waals surface area (Å²) in [4.78, 5) is 0. The van der Waals surface area contributed by atoms with Gasteiger partial charge >= 0.3 is 0 Å². The lowest BCUT2D eigenvalue weighted by Crippen LogP contribution is -2.28. The summed E-state index contributed by atoms with van der Waals surface area (Å²) in [6.07, 6.45) is 1.69. The molecule has 3 nitrogen and oxygen atoms in total. The molecule has 0 spiro atoms. The Kier molecular flexibility index (Phi) is 4.06. The molecule has 0 amide bonds. The van der Waals surface area contributed by atoms with Crippen LogP contribution in [0, 0.1) is 17.2 Å². The van der Waals surface area contributed by atoms with Gasteiger partial charge in [0.1, 0.15) is 6.10 Å². The first-order chi connectivity index (χ1) is 5.88. The summed E-state index contributed by atoms with van der Waals surface area (Å²) in [5.74, 6) is 0.378. The summed E-state index contributed by atoms with van der Waals surface area (Å²) in [6, 6.07) is 2.19. The van der Waals surface area contributed by atoms with Gasteiger partial charge in [-0.1, -0.05) is 0 Å². The second-order valence-corrected chi connectivity index (χ2v) is 2.95. The van der Waals surface area contributed by atoms with Crippen molar-refractivity contribution in [2.24, 2.45) is 5.92 Å². The number of nitriles is 1. The molecule has 0 N–H and O–H groups in total. The van der Waals surface area contributed by atoms with Crippen molar-refractivity contribution in [2.75, 3.05) is 19.8 Å². The minimum absolute atomic E-state index is 0.223. The van der Waals surface area contributed by atoms with Crippen molar-refractivity contribution in [3.63, 3.8) is 0 Å². The molecule has 12 heavy (non-hydrogen) atoms. The summed E-state index contributed by atoms with van der Waals surface area (Å²) in [6.45, 7) is 4.09. The van der Waals surface area contributed by atoms with Crippen molar-refractivity contribution in [2.45, 2.75) is 25.9 Å². The van der Waals surface area contributed by atoms with Crippen LogP contribution in [0.15, 0.2) is 0 Å². The molecule has 1 rings (SSSR count). The van der Waals surface area contributed by atoms with Crippen LogP contribution in [0.4, 0.5) is 0 Å². The highest BCUT2D eigenvalue weighted by molar-refractivity contribution is 4.90. The Bertz CT molecular complexity index is 158. The Morgan fingerprint density at radius 3 is 2.75 bits per heavy atom. The largest absolute Gasteiger partial charge is 0.381 e. The van der Waals surface area contributed by atoms with Gasteiger partial charge in [0.05, 0.1) is 6.07 Å². The number of nitrogens with zero attached hydrogens (tertiary/aromatic N) is 1. The van der Waals surface area contributed by atoms with Crippen LogP contribution >= 0.6 is 0 Å². The average Bonchev–Trinajstić information content (AvgIpc) is 2.15. The number of rotatable bonds is 3. The van der Waals surface area contributed by atoms with Gasteiger partial charge in [0.25, 0.3) is 0 Å². The van der Waals surface area contributed by atoms with Crippen molar-refractivity contribution in [1.29, 1.82) is 5.26 Å². The van der Waals surface area contributed by atoms with Crippen LogP contribution in [0.1, 0.15) is 19.8 Å². The molecule has 1 saturated heterocycles. The van der Waals surface area contributed by atoms with E-state index in [1.165, 1.54) is 0 Å². The molecule has 1 aliphatic heterocycles. The Morgan fingerprint density at radius 1 is 1.58 bits per heavy atom. The Hall–Kier alpha value is -0.590. The molecule has 0 unspecified atom stereocenters. The lowest BCUT2D eigenvalue weighted by Gasteiger charge is -2.25. The Morgan fingerprint density at radius 2 is 2.25 bits per heavy atom. The van der Waals surface area contributed by atoms with Crippen molar-refractivity contribution < 1.29 is 9.47 Å². The van der Waals surface area contributed by atoms with Gasteiger partial charge in [0.15, 0.2) is 0 Å². The fourth-order valence-corrected chi connectivity index (χ4v) is 1.48. The average molecular weight is 169 g/mol. The standard InChI is InChI=1S/C9H15NO2/c1-2-12-9(7-10)8-3-5-11-6-4-8/h8-9H,2-6H2,1H3/t9-/m0/s1. The molecular formula is C9H15NO2. The third-order valence-corrected chi connectivity index (χ3v) is 2.17. The van der Waals surface area contributed by atoms with Gasteiger partial charge in [0.2, 0.25) is 0 Å². The first-order valence-electron chi connectivity index (χ1n) is 4.47. The molecule has 68 valence electrons. The minimum atomic E-state index is -0.223. The van der Waals surface area contributed by atoms with Crippen molar-refractivity contribution in [3.05, 3.63) is 0 Å². The molecule has 1 atom stereocenters. The second-order valence-electron chi connectivity index (χ2n) is 2.95. The highest BCUT2D eigenvalue weighted by atomic mass is 16.5. The van der Waals surface area contributed by atoms with E-state index in [9.17, 15) is 0 Å². The van der Waals surface area contributed by atoms with Gasteiger partial charge in [0, 0.05) is 25.7 Å². The van der Waals surface area contributed by atoms with E-state index >= 15 is 0 Å². The van der Waals surface area contributed by atoms with Crippen LogP contribution in [0.2, 0.25) is 0 Å². The van der Waals surface area contributed by atoms with Crippen LogP contribution < -0.4 is 0 Å². The van der Waals surface area contributed by atoms with Gasteiger partial charge in [-0.25, -0.2) is 0 Å². The Balaban J connectivity index is 2.36. The zero-order chi connectivity index (χ0) is 8.81. The lowest BCUT2D eigenvalue weighted by atomic mass is 9.95. The van der Waals surface area contributed by atoms with Crippen LogP contribution in [0.5, 0.6) is 0 Å². The fourth-order valence-electron chi connectivity index (χ4n) is 1.48. The zero-order valence-corrected chi connectivity index (χ0v) is 7.45. The van der Waals surface area contributed by atoms with Crippen molar-refractivity contribution in [3.8, 4) is 6.07 Å². The summed E-state index contributed by atoms with van der Waals surface area (Å²) in [5.41, 5.74) is 0. The summed E-state index contributed by atoms with van der Waals surface area (Å²) < 4.78 is 10.5. The monoisotopic (exact) mass is 169 g/mol. The van der Waals surface area contributed by atoms with Crippen molar-refractivity contribution >= 4 is 0 Å². The number of ether oxygens (including phenoxy) is 2. The first-order valence-corrected chi connectivity index (χ1v) is 4.47. The molecule has 0 radical (unpaired) electrons. The van der Waals surface area contributed by atoms with Crippen LogP contribution in [0.25, 0.3) is 0 Å². The predicted octanol–water partition coefficient (Wildman–Crippen LogP) is 1.34.